The fourth-order valence-electron chi connectivity index (χ4n) is 4.02. The van der Waals surface area contributed by atoms with E-state index in [1.54, 1.807) is 21.5 Å². The van der Waals surface area contributed by atoms with Crippen LogP contribution in [0, 0.1) is 11.6 Å². The zero-order valence-corrected chi connectivity index (χ0v) is 18.5. The molecule has 1 N–H and O–H groups in total. The second kappa shape index (κ2) is 8.35. The number of benzene rings is 1. The summed E-state index contributed by atoms with van der Waals surface area (Å²) in [4.78, 5) is 4.39. The molecule has 9 nitrogen and oxygen atoms in total. The Bertz CT molecular complexity index is 1550. The number of nitrogens with one attached hydrogen (secondary N) is 1. The minimum absolute atomic E-state index is 0.205. The molecule has 5 heterocycles. The predicted molar refractivity (Wildman–Crippen MR) is 123 cm³/mol. The lowest BCUT2D eigenvalue weighted by molar-refractivity contribution is 0.165. The first kappa shape index (κ1) is 21.0. The third-order valence-electron chi connectivity index (χ3n) is 5.75. The van der Waals surface area contributed by atoms with E-state index in [1.807, 2.05) is 37.4 Å². The highest BCUT2D eigenvalue weighted by molar-refractivity contribution is 5.72. The third kappa shape index (κ3) is 3.90. The number of hydrogen-bond acceptors (Lipinski definition) is 7. The summed E-state index contributed by atoms with van der Waals surface area (Å²) in [5.41, 5.74) is 2.36. The quantitative estimate of drug-likeness (QED) is 0.402. The van der Waals surface area contributed by atoms with Gasteiger partial charge in [0.05, 0.1) is 12.8 Å². The molecule has 1 aliphatic heterocycles. The summed E-state index contributed by atoms with van der Waals surface area (Å²) in [6, 6.07) is 12.9. The van der Waals surface area contributed by atoms with E-state index in [1.165, 1.54) is 6.07 Å². The van der Waals surface area contributed by atoms with Gasteiger partial charge in [0, 0.05) is 37.9 Å². The van der Waals surface area contributed by atoms with Crippen molar-refractivity contribution in [3.63, 3.8) is 0 Å². The normalized spacial score (nSPS) is 15.0. The van der Waals surface area contributed by atoms with Gasteiger partial charge in [0.1, 0.15) is 17.4 Å². The van der Waals surface area contributed by atoms with E-state index < -0.39 is 17.7 Å². The van der Waals surface area contributed by atoms with E-state index in [0.29, 0.717) is 36.2 Å². The standard InChI is InChI=1S/C24H19F2N7O2/c1-32-21(5-8-28-32)29-20-10-14(4-7-27-20)15-11-22-30-31-24-19(6-9-34-23(12-15)33(22)24)35-16-2-3-17(25)18(26)13-16/h2-5,7-8,10-13,19H,6,9H2,1H3,(H,27,29)/t19-/m1/s1. The first-order chi connectivity index (χ1) is 17.0. The van der Waals surface area contributed by atoms with Crippen molar-refractivity contribution in [2.24, 2.45) is 7.05 Å². The number of ether oxygens (including phenoxy) is 2. The van der Waals surface area contributed by atoms with E-state index in [9.17, 15) is 8.78 Å². The predicted octanol–water partition coefficient (Wildman–Crippen LogP) is 4.45. The number of aromatic nitrogens is 6. The number of halogens is 2. The maximum Gasteiger partial charge on any atom is 0.201 e. The molecule has 176 valence electrons. The van der Waals surface area contributed by atoms with E-state index in [2.05, 4.69) is 25.6 Å². The van der Waals surface area contributed by atoms with Gasteiger partial charge in [-0.15, -0.1) is 10.2 Å². The Balaban J connectivity index is 1.34. The van der Waals surface area contributed by atoms with Crippen LogP contribution >= 0.6 is 0 Å². The summed E-state index contributed by atoms with van der Waals surface area (Å²) >= 11 is 0. The highest BCUT2D eigenvalue weighted by atomic mass is 19.2. The van der Waals surface area contributed by atoms with Gasteiger partial charge in [0.25, 0.3) is 0 Å². The average molecular weight is 475 g/mol. The van der Waals surface area contributed by atoms with Gasteiger partial charge in [-0.1, -0.05) is 0 Å². The largest absolute Gasteiger partial charge is 0.482 e. The van der Waals surface area contributed by atoms with Crippen molar-refractivity contribution >= 4 is 17.3 Å². The van der Waals surface area contributed by atoms with Crippen LogP contribution in [0.3, 0.4) is 0 Å². The minimum atomic E-state index is -0.974. The van der Waals surface area contributed by atoms with Crippen LogP contribution < -0.4 is 14.8 Å². The maximum absolute atomic E-state index is 13.7. The first-order valence-electron chi connectivity index (χ1n) is 10.9. The van der Waals surface area contributed by atoms with E-state index >= 15 is 0 Å². The van der Waals surface area contributed by atoms with Crippen molar-refractivity contribution in [3.05, 3.63) is 78.4 Å². The molecule has 5 aromatic rings. The van der Waals surface area contributed by atoms with Crippen molar-refractivity contribution in [3.8, 4) is 22.8 Å². The molecule has 1 atom stereocenters. The molecular weight excluding hydrogens is 456 g/mol. The average Bonchev–Trinajstić information content (AvgIpc) is 3.42. The molecule has 0 amide bonds. The summed E-state index contributed by atoms with van der Waals surface area (Å²) in [6.07, 6.45) is 3.34. The molecule has 0 fully saturated rings. The van der Waals surface area contributed by atoms with Crippen molar-refractivity contribution in [1.29, 1.82) is 0 Å². The lowest BCUT2D eigenvalue weighted by atomic mass is 10.1. The summed E-state index contributed by atoms with van der Waals surface area (Å²) in [6.45, 7) is 0.347. The summed E-state index contributed by atoms with van der Waals surface area (Å²) < 4.78 is 42.4. The fourth-order valence-corrected chi connectivity index (χ4v) is 4.02. The van der Waals surface area contributed by atoms with Gasteiger partial charge in [-0.05, 0) is 41.5 Å². The van der Waals surface area contributed by atoms with Gasteiger partial charge in [-0.25, -0.2) is 18.2 Å². The van der Waals surface area contributed by atoms with Gasteiger partial charge in [0.15, 0.2) is 29.2 Å². The van der Waals surface area contributed by atoms with Crippen LogP contribution in [0.2, 0.25) is 0 Å². The Morgan fingerprint density at radius 2 is 1.91 bits per heavy atom. The van der Waals surface area contributed by atoms with Gasteiger partial charge < -0.3 is 14.8 Å². The molecule has 0 unspecified atom stereocenters. The number of nitrogens with zero attached hydrogens (tertiary/aromatic N) is 6. The second-order valence-electron chi connectivity index (χ2n) is 8.05. The Morgan fingerprint density at radius 3 is 2.74 bits per heavy atom. The number of hydrogen-bond donors (Lipinski definition) is 1. The Hall–Kier alpha value is -4.54. The molecule has 35 heavy (non-hydrogen) atoms. The van der Waals surface area contributed by atoms with Crippen LogP contribution in [-0.2, 0) is 7.05 Å². The zero-order chi connectivity index (χ0) is 23.9. The third-order valence-corrected chi connectivity index (χ3v) is 5.75. The highest BCUT2D eigenvalue weighted by Gasteiger charge is 2.26. The molecule has 0 saturated carbocycles. The van der Waals surface area contributed by atoms with Gasteiger partial charge in [-0.2, -0.15) is 5.10 Å². The smallest absolute Gasteiger partial charge is 0.201 e. The molecule has 0 spiro atoms. The lowest BCUT2D eigenvalue weighted by Gasteiger charge is -2.15. The monoisotopic (exact) mass is 475 g/mol. The molecule has 0 radical (unpaired) electrons. The lowest BCUT2D eigenvalue weighted by Crippen LogP contribution is -2.12. The van der Waals surface area contributed by atoms with Crippen LogP contribution in [0.5, 0.6) is 11.6 Å². The highest BCUT2D eigenvalue weighted by Crippen LogP contribution is 2.34. The second-order valence-corrected chi connectivity index (χ2v) is 8.05. The molecule has 0 saturated heterocycles. The van der Waals surface area contributed by atoms with E-state index in [-0.39, 0.29) is 5.75 Å². The van der Waals surface area contributed by atoms with Crippen LogP contribution in [-0.4, -0.2) is 36.0 Å². The summed E-state index contributed by atoms with van der Waals surface area (Å²) in [5, 5.41) is 16.0. The van der Waals surface area contributed by atoms with Crippen molar-refractivity contribution < 1.29 is 18.3 Å². The van der Waals surface area contributed by atoms with Gasteiger partial charge in [-0.3, -0.25) is 4.68 Å². The van der Waals surface area contributed by atoms with Crippen molar-refractivity contribution in [2.75, 3.05) is 11.9 Å². The molecule has 4 aromatic heterocycles. The topological polar surface area (TPSA) is 91.4 Å². The van der Waals surface area contributed by atoms with Crippen LogP contribution in [0.4, 0.5) is 20.4 Å². The van der Waals surface area contributed by atoms with Crippen molar-refractivity contribution in [1.82, 2.24) is 29.4 Å². The first-order valence-corrected chi connectivity index (χ1v) is 10.9. The van der Waals surface area contributed by atoms with Crippen molar-refractivity contribution in [2.45, 2.75) is 12.5 Å². The number of rotatable bonds is 5. The van der Waals surface area contributed by atoms with Crippen LogP contribution in [0.1, 0.15) is 18.3 Å². The molecule has 11 heteroatoms. The van der Waals surface area contributed by atoms with Gasteiger partial charge in [0.2, 0.25) is 5.88 Å². The Morgan fingerprint density at radius 1 is 1.00 bits per heavy atom. The number of pyridine rings is 2. The van der Waals surface area contributed by atoms with Gasteiger partial charge >= 0.3 is 0 Å². The zero-order valence-electron chi connectivity index (χ0n) is 18.5. The molecule has 1 aliphatic rings. The Labute approximate surface area is 198 Å². The number of aryl methyl sites for hydroxylation is 1. The van der Waals surface area contributed by atoms with E-state index in [4.69, 9.17) is 9.47 Å². The van der Waals surface area contributed by atoms with E-state index in [0.717, 1.165) is 29.1 Å². The minimum Gasteiger partial charge on any atom is -0.482 e. The Kier molecular flexibility index (Phi) is 5.02. The SMILES string of the molecule is Cn1nccc1Nc1cc(-c2cc3n4c(nnc4c2)[C@H](Oc2ccc(F)c(F)c2)CCO3)ccn1. The number of anilines is 2. The molecule has 1 aromatic carbocycles. The maximum atomic E-state index is 13.7. The summed E-state index contributed by atoms with van der Waals surface area (Å²) in [5.74, 6) is 0.867. The molecule has 0 bridgehead atoms. The summed E-state index contributed by atoms with van der Waals surface area (Å²) in [7, 11) is 1.84. The van der Waals surface area contributed by atoms with Crippen LogP contribution in [0.25, 0.3) is 16.8 Å². The van der Waals surface area contributed by atoms with Crippen LogP contribution in [0.15, 0.2) is 60.9 Å². The molecule has 6 rings (SSSR count). The molecular formula is C24H19F2N7O2. The fraction of sp³-hybridized carbons (Fsp3) is 0.167. The molecule has 0 aliphatic carbocycles.